The molecule has 0 saturated carbocycles. The molecule has 11 aromatic rings. The fourth-order valence-corrected chi connectivity index (χ4v) is 7.58. The van der Waals surface area contributed by atoms with Crippen molar-refractivity contribution in [2.75, 3.05) is 0 Å². The van der Waals surface area contributed by atoms with E-state index in [1.807, 2.05) is 97.1 Å². The lowest BCUT2D eigenvalue weighted by Crippen LogP contribution is -2.00. The summed E-state index contributed by atoms with van der Waals surface area (Å²) in [7, 11) is 0. The maximum atomic E-state index is 7.01. The average molecular weight is 667 g/mol. The van der Waals surface area contributed by atoms with Crippen LogP contribution in [0.1, 0.15) is 0 Å². The van der Waals surface area contributed by atoms with Crippen molar-refractivity contribution in [1.82, 2.24) is 19.9 Å². The Hall–Kier alpha value is -7.18. The minimum Gasteiger partial charge on any atom is -0.456 e. The lowest BCUT2D eigenvalue weighted by atomic mass is 9.97. The van der Waals surface area contributed by atoms with Gasteiger partial charge in [-0.3, -0.25) is 0 Å². The second kappa shape index (κ2) is 11.2. The van der Waals surface area contributed by atoms with Gasteiger partial charge >= 0.3 is 0 Å². The molecule has 0 atom stereocenters. The molecule has 6 nitrogen and oxygen atoms in total. The maximum Gasteiger partial charge on any atom is 0.167 e. The van der Waals surface area contributed by atoms with E-state index < -0.39 is 0 Å². The molecular weight excluding hydrogens is 641 g/mol. The Kier molecular flexibility index (Phi) is 6.15. The smallest absolute Gasteiger partial charge is 0.167 e. The zero-order chi connectivity index (χ0) is 34.2. The summed E-state index contributed by atoms with van der Waals surface area (Å²) < 4.78 is 13.3. The number of hydrogen-bond donors (Lipinski definition) is 0. The van der Waals surface area contributed by atoms with Crippen LogP contribution in [0.4, 0.5) is 0 Å². The molecule has 0 unspecified atom stereocenters. The Morgan fingerprint density at radius 3 is 1.77 bits per heavy atom. The Morgan fingerprint density at radius 1 is 0.327 bits per heavy atom. The molecule has 0 N–H and O–H groups in total. The molecule has 242 valence electrons. The monoisotopic (exact) mass is 666 g/mol. The number of hydrogen-bond acceptors (Lipinski definition) is 6. The summed E-state index contributed by atoms with van der Waals surface area (Å²) in [6, 6.07) is 53.2. The zero-order valence-corrected chi connectivity index (χ0v) is 27.6. The standard InChI is InChI=1S/C46H26N4O2/c1-3-13-27(14-4-1)41-33-26-25-30-29-19-11-21-35(42(29)52-43(30)40(33)31-17-7-9-22-36(31)47-41)46-49-44(28-15-5-2-6-16-28)48-45(50-46)34-20-12-24-38-39(34)32-18-8-10-23-37(32)51-38/h1-26H. The molecule has 0 aliphatic carbocycles. The van der Waals surface area contributed by atoms with Gasteiger partial charge in [-0.15, -0.1) is 0 Å². The average Bonchev–Trinajstić information content (AvgIpc) is 3.80. The third kappa shape index (κ3) is 4.31. The number of fused-ring (bicyclic) bond motifs is 10. The van der Waals surface area contributed by atoms with Gasteiger partial charge in [0.25, 0.3) is 0 Å². The van der Waals surface area contributed by atoms with Crippen LogP contribution in [0.3, 0.4) is 0 Å². The molecule has 0 fully saturated rings. The molecule has 0 spiro atoms. The Balaban J connectivity index is 1.20. The van der Waals surface area contributed by atoms with Crippen molar-refractivity contribution < 1.29 is 8.83 Å². The van der Waals surface area contributed by atoms with Crippen LogP contribution in [0, 0.1) is 0 Å². The van der Waals surface area contributed by atoms with Crippen LogP contribution in [0.25, 0.3) is 111 Å². The fraction of sp³-hybridized carbons (Fsp3) is 0. The molecular formula is C46H26N4O2. The van der Waals surface area contributed by atoms with Crippen LogP contribution in [-0.4, -0.2) is 19.9 Å². The second-order valence-electron chi connectivity index (χ2n) is 12.9. The second-order valence-corrected chi connectivity index (χ2v) is 12.9. The summed E-state index contributed by atoms with van der Waals surface area (Å²) in [5, 5.41) is 7.10. The molecule has 0 aliphatic heterocycles. The third-order valence-electron chi connectivity index (χ3n) is 9.93. The van der Waals surface area contributed by atoms with Gasteiger partial charge in [-0.25, -0.2) is 19.9 Å². The highest BCUT2D eigenvalue weighted by Gasteiger charge is 2.22. The summed E-state index contributed by atoms with van der Waals surface area (Å²) in [4.78, 5) is 20.5. The topological polar surface area (TPSA) is 77.8 Å². The van der Waals surface area contributed by atoms with E-state index in [9.17, 15) is 0 Å². The molecule has 4 aromatic heterocycles. The number of aromatic nitrogens is 4. The van der Waals surface area contributed by atoms with Crippen molar-refractivity contribution in [3.8, 4) is 45.4 Å². The van der Waals surface area contributed by atoms with Crippen molar-refractivity contribution >= 4 is 65.6 Å². The largest absolute Gasteiger partial charge is 0.456 e. The molecule has 0 amide bonds. The molecule has 0 bridgehead atoms. The van der Waals surface area contributed by atoms with Gasteiger partial charge in [0.15, 0.2) is 17.5 Å². The van der Waals surface area contributed by atoms with Gasteiger partial charge in [-0.2, -0.15) is 0 Å². The van der Waals surface area contributed by atoms with Gasteiger partial charge < -0.3 is 8.83 Å². The number of para-hydroxylation sites is 3. The lowest BCUT2D eigenvalue weighted by molar-refractivity contribution is 0.669. The van der Waals surface area contributed by atoms with Crippen LogP contribution in [-0.2, 0) is 0 Å². The zero-order valence-electron chi connectivity index (χ0n) is 27.6. The van der Waals surface area contributed by atoms with Crippen molar-refractivity contribution in [2.24, 2.45) is 0 Å². The number of furan rings is 2. The van der Waals surface area contributed by atoms with Crippen LogP contribution < -0.4 is 0 Å². The van der Waals surface area contributed by atoms with E-state index in [2.05, 4.69) is 60.7 Å². The van der Waals surface area contributed by atoms with E-state index in [4.69, 9.17) is 28.8 Å². The minimum atomic E-state index is 0.527. The van der Waals surface area contributed by atoms with Crippen molar-refractivity contribution in [3.05, 3.63) is 158 Å². The van der Waals surface area contributed by atoms with Gasteiger partial charge in [-0.1, -0.05) is 127 Å². The number of benzene rings is 7. The molecule has 7 aromatic carbocycles. The SMILES string of the molecule is c1ccc(-c2nc(-c3cccc4c3oc3c4ccc4c(-c5ccccc5)nc5ccccc5c43)nc(-c3cccc4oc5ccccc5c34)n2)cc1. The van der Waals surface area contributed by atoms with Gasteiger partial charge in [0.1, 0.15) is 22.3 Å². The van der Waals surface area contributed by atoms with E-state index in [-0.39, 0.29) is 0 Å². The molecule has 4 heterocycles. The van der Waals surface area contributed by atoms with Gasteiger partial charge in [0.2, 0.25) is 0 Å². The van der Waals surface area contributed by atoms with E-state index >= 15 is 0 Å². The molecule has 0 radical (unpaired) electrons. The quantitative estimate of drug-likeness (QED) is 0.174. The summed E-state index contributed by atoms with van der Waals surface area (Å²) in [6.07, 6.45) is 0. The highest BCUT2D eigenvalue weighted by molar-refractivity contribution is 6.25. The van der Waals surface area contributed by atoms with Crippen LogP contribution in [0.5, 0.6) is 0 Å². The minimum absolute atomic E-state index is 0.527. The first-order valence-electron chi connectivity index (χ1n) is 17.2. The summed E-state index contributed by atoms with van der Waals surface area (Å²) in [5.41, 5.74) is 8.58. The maximum absolute atomic E-state index is 7.01. The first kappa shape index (κ1) is 28.6. The molecule has 11 rings (SSSR count). The Bertz CT molecular complexity index is 3180. The Morgan fingerprint density at radius 2 is 0.923 bits per heavy atom. The summed E-state index contributed by atoms with van der Waals surface area (Å²) >= 11 is 0. The molecule has 52 heavy (non-hydrogen) atoms. The van der Waals surface area contributed by atoms with Crippen molar-refractivity contribution in [3.63, 3.8) is 0 Å². The lowest BCUT2D eigenvalue weighted by Gasteiger charge is -2.10. The van der Waals surface area contributed by atoms with Gasteiger partial charge in [0.05, 0.1) is 16.8 Å². The van der Waals surface area contributed by atoms with E-state index in [1.165, 1.54) is 0 Å². The van der Waals surface area contributed by atoms with Crippen molar-refractivity contribution in [1.29, 1.82) is 0 Å². The van der Waals surface area contributed by atoms with Gasteiger partial charge in [0, 0.05) is 54.4 Å². The Labute approximate surface area is 296 Å². The normalized spacial score (nSPS) is 11.8. The molecule has 0 aliphatic rings. The molecule has 6 heteroatoms. The number of nitrogens with zero attached hydrogens (tertiary/aromatic N) is 4. The highest BCUT2D eigenvalue weighted by atomic mass is 16.3. The van der Waals surface area contributed by atoms with E-state index in [0.717, 1.165) is 93.5 Å². The van der Waals surface area contributed by atoms with Crippen LogP contribution >= 0.6 is 0 Å². The first-order chi connectivity index (χ1) is 25.8. The number of rotatable bonds is 4. The number of pyridine rings is 1. The summed E-state index contributed by atoms with van der Waals surface area (Å²) in [6.45, 7) is 0. The third-order valence-corrected chi connectivity index (χ3v) is 9.93. The van der Waals surface area contributed by atoms with E-state index in [0.29, 0.717) is 17.5 Å². The predicted octanol–water partition coefficient (Wildman–Crippen LogP) is 12.0. The van der Waals surface area contributed by atoms with Crippen molar-refractivity contribution in [2.45, 2.75) is 0 Å². The fourth-order valence-electron chi connectivity index (χ4n) is 7.58. The van der Waals surface area contributed by atoms with E-state index in [1.54, 1.807) is 0 Å². The summed E-state index contributed by atoms with van der Waals surface area (Å²) in [5.74, 6) is 1.66. The van der Waals surface area contributed by atoms with Crippen LogP contribution in [0.15, 0.2) is 167 Å². The predicted molar refractivity (Wildman–Crippen MR) is 209 cm³/mol. The van der Waals surface area contributed by atoms with Gasteiger partial charge in [-0.05, 0) is 30.3 Å². The molecule has 0 saturated heterocycles. The first-order valence-corrected chi connectivity index (χ1v) is 17.2. The highest BCUT2D eigenvalue weighted by Crippen LogP contribution is 2.43. The van der Waals surface area contributed by atoms with Crippen LogP contribution in [0.2, 0.25) is 0 Å².